The number of anilines is 1. The van der Waals surface area contributed by atoms with Crippen LogP contribution in [0.1, 0.15) is 23.2 Å². The average molecular weight is 415 g/mol. The number of thiophene rings is 1. The van der Waals surface area contributed by atoms with Crippen molar-refractivity contribution < 1.29 is 4.79 Å². The minimum atomic E-state index is 0.00141. The molecule has 0 spiro atoms. The second-order valence-electron chi connectivity index (χ2n) is 7.47. The number of hydrogen-bond donors (Lipinski definition) is 1. The Morgan fingerprint density at radius 1 is 0.933 bits per heavy atom. The van der Waals surface area contributed by atoms with Crippen LogP contribution in [0.4, 0.5) is 5.82 Å². The fraction of sp³-hybridized carbons (Fsp3) is 0.208. The molecule has 0 saturated carbocycles. The summed E-state index contributed by atoms with van der Waals surface area (Å²) in [5, 5.41) is 6.31. The molecule has 1 amide bonds. The van der Waals surface area contributed by atoms with E-state index >= 15 is 0 Å². The number of aromatic nitrogens is 2. The molecule has 2 aromatic carbocycles. The number of fused-ring (bicyclic) bond motifs is 1. The number of rotatable bonds is 4. The summed E-state index contributed by atoms with van der Waals surface area (Å²) in [5.74, 6) is 1.76. The van der Waals surface area contributed by atoms with Gasteiger partial charge >= 0.3 is 0 Å². The van der Waals surface area contributed by atoms with Gasteiger partial charge in [-0.2, -0.15) is 0 Å². The van der Waals surface area contributed by atoms with Crippen LogP contribution >= 0.6 is 11.3 Å². The molecule has 5 nitrogen and oxygen atoms in total. The molecule has 0 aliphatic carbocycles. The molecule has 6 heteroatoms. The van der Waals surface area contributed by atoms with Gasteiger partial charge in [-0.25, -0.2) is 9.97 Å². The quantitative estimate of drug-likeness (QED) is 0.523. The first-order valence-electron chi connectivity index (χ1n) is 10.2. The first-order chi connectivity index (χ1) is 14.8. The number of benzene rings is 2. The summed E-state index contributed by atoms with van der Waals surface area (Å²) in [7, 11) is 0. The predicted molar refractivity (Wildman–Crippen MR) is 122 cm³/mol. The van der Waals surface area contributed by atoms with E-state index in [0.29, 0.717) is 5.56 Å². The third-order valence-electron chi connectivity index (χ3n) is 5.49. The van der Waals surface area contributed by atoms with Crippen molar-refractivity contribution in [2.24, 2.45) is 0 Å². The van der Waals surface area contributed by atoms with E-state index in [1.54, 1.807) is 11.3 Å². The van der Waals surface area contributed by atoms with Crippen molar-refractivity contribution in [2.75, 3.05) is 18.0 Å². The first-order valence-corrected chi connectivity index (χ1v) is 11.1. The van der Waals surface area contributed by atoms with Crippen LogP contribution in [0.3, 0.4) is 0 Å². The van der Waals surface area contributed by atoms with Gasteiger partial charge in [0.15, 0.2) is 5.82 Å². The van der Waals surface area contributed by atoms with Crippen molar-refractivity contribution in [3.8, 4) is 10.7 Å². The van der Waals surface area contributed by atoms with Gasteiger partial charge in [-0.3, -0.25) is 4.79 Å². The normalized spacial score (nSPS) is 14.7. The molecule has 3 heterocycles. The zero-order chi connectivity index (χ0) is 20.3. The molecule has 1 N–H and O–H groups in total. The smallest absolute Gasteiger partial charge is 0.251 e. The molecular weight excluding hydrogens is 392 g/mol. The number of para-hydroxylation sites is 1. The molecule has 0 radical (unpaired) electrons. The van der Waals surface area contributed by atoms with Crippen molar-refractivity contribution in [1.82, 2.24) is 15.3 Å². The van der Waals surface area contributed by atoms with Gasteiger partial charge in [0, 0.05) is 30.1 Å². The van der Waals surface area contributed by atoms with Crippen LogP contribution in [0.15, 0.2) is 72.1 Å². The van der Waals surface area contributed by atoms with Crippen molar-refractivity contribution in [3.63, 3.8) is 0 Å². The third-order valence-corrected chi connectivity index (χ3v) is 6.36. The molecule has 1 aliphatic heterocycles. The third kappa shape index (κ3) is 3.78. The zero-order valence-electron chi connectivity index (χ0n) is 16.5. The van der Waals surface area contributed by atoms with E-state index in [0.717, 1.165) is 53.4 Å². The Bertz CT molecular complexity index is 1150. The summed E-state index contributed by atoms with van der Waals surface area (Å²) in [6, 6.07) is 21.9. The van der Waals surface area contributed by atoms with E-state index in [9.17, 15) is 4.79 Å². The molecule has 30 heavy (non-hydrogen) atoms. The van der Waals surface area contributed by atoms with Gasteiger partial charge in [0.05, 0.1) is 10.4 Å². The second kappa shape index (κ2) is 8.24. The summed E-state index contributed by atoms with van der Waals surface area (Å²) in [6.07, 6.45) is 1.79. The Labute approximate surface area is 179 Å². The lowest BCUT2D eigenvalue weighted by Gasteiger charge is -2.33. The van der Waals surface area contributed by atoms with Crippen molar-refractivity contribution in [3.05, 3.63) is 77.7 Å². The summed E-state index contributed by atoms with van der Waals surface area (Å²) in [6.45, 7) is 1.70. The van der Waals surface area contributed by atoms with E-state index in [2.05, 4.69) is 27.7 Å². The number of hydrogen-bond acceptors (Lipinski definition) is 5. The Morgan fingerprint density at radius 3 is 2.47 bits per heavy atom. The highest BCUT2D eigenvalue weighted by Crippen LogP contribution is 2.30. The van der Waals surface area contributed by atoms with Crippen LogP contribution < -0.4 is 10.2 Å². The highest BCUT2D eigenvalue weighted by atomic mass is 32.1. The number of carbonyl (C=O) groups excluding carboxylic acids is 1. The van der Waals surface area contributed by atoms with E-state index in [-0.39, 0.29) is 11.9 Å². The molecule has 0 bridgehead atoms. The van der Waals surface area contributed by atoms with E-state index in [4.69, 9.17) is 9.97 Å². The summed E-state index contributed by atoms with van der Waals surface area (Å²) < 4.78 is 0. The lowest BCUT2D eigenvalue weighted by atomic mass is 10.0. The molecule has 0 atom stereocenters. The molecule has 5 rings (SSSR count). The summed E-state index contributed by atoms with van der Waals surface area (Å²) in [4.78, 5) is 25.6. The standard InChI is InChI=1S/C24H22N4OS/c29-24(17-7-2-1-3-8-17)25-18-12-14-28(15-13-18)23-19-9-4-5-10-20(19)26-22(27-23)21-11-6-16-30-21/h1-11,16,18H,12-15H2,(H,25,29). The maximum absolute atomic E-state index is 12.5. The maximum Gasteiger partial charge on any atom is 0.251 e. The van der Waals surface area contributed by atoms with Crippen LogP contribution in [0.5, 0.6) is 0 Å². The SMILES string of the molecule is O=C(NC1CCN(c2nc(-c3cccs3)nc3ccccc23)CC1)c1ccccc1. The van der Waals surface area contributed by atoms with Gasteiger partial charge in [-0.05, 0) is 48.6 Å². The highest BCUT2D eigenvalue weighted by Gasteiger charge is 2.24. The molecule has 1 saturated heterocycles. The number of carbonyl (C=O) groups is 1. The van der Waals surface area contributed by atoms with Crippen LogP contribution in [-0.2, 0) is 0 Å². The predicted octanol–water partition coefficient (Wildman–Crippen LogP) is 4.76. The Hall–Kier alpha value is -3.25. The average Bonchev–Trinajstić information content (AvgIpc) is 3.35. The Morgan fingerprint density at radius 2 is 1.70 bits per heavy atom. The van der Waals surface area contributed by atoms with E-state index < -0.39 is 0 Å². The lowest BCUT2D eigenvalue weighted by molar-refractivity contribution is 0.0931. The van der Waals surface area contributed by atoms with Crippen LogP contribution in [0.25, 0.3) is 21.6 Å². The first kappa shape index (κ1) is 18.8. The largest absolute Gasteiger partial charge is 0.356 e. The molecule has 1 fully saturated rings. The summed E-state index contributed by atoms with van der Waals surface area (Å²) >= 11 is 1.65. The number of nitrogens with zero attached hydrogens (tertiary/aromatic N) is 3. The van der Waals surface area contributed by atoms with Crippen LogP contribution in [0.2, 0.25) is 0 Å². The topological polar surface area (TPSA) is 58.1 Å². The number of amides is 1. The summed E-state index contributed by atoms with van der Waals surface area (Å²) in [5.41, 5.74) is 1.67. The lowest BCUT2D eigenvalue weighted by Crippen LogP contribution is -2.45. The van der Waals surface area contributed by atoms with Crippen LogP contribution in [0, 0.1) is 0 Å². The molecule has 1 aliphatic rings. The molecule has 0 unspecified atom stereocenters. The van der Waals surface area contributed by atoms with Gasteiger partial charge in [-0.1, -0.05) is 36.4 Å². The maximum atomic E-state index is 12.5. The molecular formula is C24H22N4OS. The van der Waals surface area contributed by atoms with Crippen molar-refractivity contribution in [1.29, 1.82) is 0 Å². The Balaban J connectivity index is 1.35. The number of nitrogens with one attached hydrogen (secondary N) is 1. The van der Waals surface area contributed by atoms with Gasteiger partial charge in [0.25, 0.3) is 5.91 Å². The van der Waals surface area contributed by atoms with Gasteiger partial charge in [0.1, 0.15) is 5.82 Å². The minimum absolute atomic E-state index is 0.00141. The monoisotopic (exact) mass is 414 g/mol. The second-order valence-corrected chi connectivity index (χ2v) is 8.41. The zero-order valence-corrected chi connectivity index (χ0v) is 17.3. The molecule has 4 aromatic rings. The highest BCUT2D eigenvalue weighted by molar-refractivity contribution is 7.13. The van der Waals surface area contributed by atoms with E-state index in [1.807, 2.05) is 54.6 Å². The molecule has 2 aromatic heterocycles. The molecule has 150 valence electrons. The van der Waals surface area contributed by atoms with Crippen molar-refractivity contribution >= 4 is 34.0 Å². The fourth-order valence-corrected chi connectivity index (χ4v) is 4.57. The minimum Gasteiger partial charge on any atom is -0.356 e. The van der Waals surface area contributed by atoms with Gasteiger partial charge in [-0.15, -0.1) is 11.3 Å². The van der Waals surface area contributed by atoms with E-state index in [1.165, 1.54) is 0 Å². The number of piperidine rings is 1. The van der Waals surface area contributed by atoms with Gasteiger partial charge < -0.3 is 10.2 Å². The van der Waals surface area contributed by atoms with Crippen molar-refractivity contribution in [2.45, 2.75) is 18.9 Å². The van der Waals surface area contributed by atoms with Crippen LogP contribution in [-0.4, -0.2) is 35.0 Å². The van der Waals surface area contributed by atoms with Gasteiger partial charge in [0.2, 0.25) is 0 Å². The fourth-order valence-electron chi connectivity index (χ4n) is 3.91. The Kier molecular flexibility index (Phi) is 5.15.